The molecule has 0 bridgehead atoms. The van der Waals surface area contributed by atoms with Crippen molar-refractivity contribution in [3.63, 3.8) is 0 Å². The largest absolute Gasteiger partial charge is 0.350 e. The van der Waals surface area contributed by atoms with Crippen molar-refractivity contribution in [2.24, 2.45) is 0 Å². The van der Waals surface area contributed by atoms with Gasteiger partial charge in [0, 0.05) is 23.7 Å². The number of benzene rings is 2. The summed E-state index contributed by atoms with van der Waals surface area (Å²) in [7, 11) is 0. The molecule has 0 saturated carbocycles. The zero-order chi connectivity index (χ0) is 17.1. The highest BCUT2D eigenvalue weighted by Crippen LogP contribution is 2.09. The first-order valence-electron chi connectivity index (χ1n) is 7.32. The van der Waals surface area contributed by atoms with Crippen molar-refractivity contribution in [2.45, 2.75) is 6.54 Å². The van der Waals surface area contributed by atoms with Crippen LogP contribution >= 0.6 is 11.6 Å². The number of para-hydroxylation sites is 2. The molecule has 1 heterocycles. The number of hydrogen-bond acceptors (Lipinski definition) is 3. The summed E-state index contributed by atoms with van der Waals surface area (Å²) < 4.78 is 1.36. The van der Waals surface area contributed by atoms with E-state index < -0.39 is 11.1 Å². The Morgan fingerprint density at radius 1 is 1.08 bits per heavy atom. The summed E-state index contributed by atoms with van der Waals surface area (Å²) in [4.78, 5) is 38.4. The van der Waals surface area contributed by atoms with Gasteiger partial charge in [-0.25, -0.2) is 0 Å². The molecule has 7 heteroatoms. The number of aromatic amines is 1. The summed E-state index contributed by atoms with van der Waals surface area (Å²) in [5, 5.41) is 3.27. The van der Waals surface area contributed by atoms with Gasteiger partial charge in [0.05, 0.1) is 11.0 Å². The number of hydrogen-bond donors (Lipinski definition) is 2. The average Bonchev–Trinajstić information content (AvgIpc) is 2.58. The monoisotopic (exact) mass is 343 g/mol. The Kier molecular flexibility index (Phi) is 4.48. The molecular formula is C17H14ClN3O3. The van der Waals surface area contributed by atoms with E-state index in [1.165, 1.54) is 4.57 Å². The second kappa shape index (κ2) is 6.72. The Morgan fingerprint density at radius 3 is 2.54 bits per heavy atom. The van der Waals surface area contributed by atoms with E-state index in [4.69, 9.17) is 11.6 Å². The van der Waals surface area contributed by atoms with Crippen molar-refractivity contribution >= 4 is 28.5 Å². The third kappa shape index (κ3) is 3.23. The number of nitrogens with one attached hydrogen (secondary N) is 2. The Balaban J connectivity index is 1.78. The van der Waals surface area contributed by atoms with E-state index in [1.807, 2.05) is 0 Å². The molecule has 0 unspecified atom stereocenters. The number of amides is 1. The first-order chi connectivity index (χ1) is 11.6. The standard InChI is InChI=1S/C17H14ClN3O3/c18-12-7-5-11(6-8-12)15(22)19-9-10-21-14-4-2-1-3-13(14)20-16(23)17(21)24/h1-8H,9-10H2,(H,19,22)(H,20,23). The molecule has 3 aromatic rings. The second-order valence-electron chi connectivity index (χ2n) is 5.19. The van der Waals surface area contributed by atoms with E-state index in [9.17, 15) is 14.4 Å². The lowest BCUT2D eigenvalue weighted by Gasteiger charge is -2.10. The second-order valence-corrected chi connectivity index (χ2v) is 5.63. The van der Waals surface area contributed by atoms with E-state index >= 15 is 0 Å². The molecule has 0 radical (unpaired) electrons. The fourth-order valence-electron chi connectivity index (χ4n) is 2.43. The third-order valence-corrected chi connectivity index (χ3v) is 3.86. The molecular weight excluding hydrogens is 330 g/mol. The van der Waals surface area contributed by atoms with E-state index in [-0.39, 0.29) is 19.0 Å². The molecule has 0 aliphatic heterocycles. The zero-order valence-corrected chi connectivity index (χ0v) is 13.3. The predicted molar refractivity (Wildman–Crippen MR) is 92.6 cm³/mol. The van der Waals surface area contributed by atoms with Gasteiger partial charge in [0.2, 0.25) is 0 Å². The third-order valence-electron chi connectivity index (χ3n) is 3.61. The number of carbonyl (C=O) groups excluding carboxylic acids is 1. The molecule has 0 aliphatic carbocycles. The Morgan fingerprint density at radius 2 is 1.79 bits per heavy atom. The minimum absolute atomic E-state index is 0.197. The highest BCUT2D eigenvalue weighted by molar-refractivity contribution is 6.30. The molecule has 0 aliphatic rings. The maximum Gasteiger partial charge on any atom is 0.316 e. The number of halogens is 1. The van der Waals surface area contributed by atoms with Crippen molar-refractivity contribution < 1.29 is 4.79 Å². The first kappa shape index (κ1) is 16.0. The molecule has 0 atom stereocenters. The van der Waals surface area contributed by atoms with Crippen LogP contribution in [0, 0.1) is 0 Å². The molecule has 0 fully saturated rings. The van der Waals surface area contributed by atoms with Gasteiger partial charge in [0.25, 0.3) is 5.91 Å². The summed E-state index contributed by atoms with van der Waals surface area (Å²) in [6.07, 6.45) is 0. The van der Waals surface area contributed by atoms with Crippen molar-refractivity contribution in [1.29, 1.82) is 0 Å². The van der Waals surface area contributed by atoms with Crippen molar-refractivity contribution in [2.75, 3.05) is 6.54 Å². The van der Waals surface area contributed by atoms with Crippen molar-refractivity contribution in [3.05, 3.63) is 79.8 Å². The van der Waals surface area contributed by atoms with Crippen molar-refractivity contribution in [1.82, 2.24) is 14.9 Å². The van der Waals surface area contributed by atoms with Crippen LogP contribution in [-0.2, 0) is 6.54 Å². The van der Waals surface area contributed by atoms with Gasteiger partial charge < -0.3 is 14.9 Å². The summed E-state index contributed by atoms with van der Waals surface area (Å²) in [5.41, 5.74) is 0.337. The Labute approximate surface area is 141 Å². The fraction of sp³-hybridized carbons (Fsp3) is 0.118. The number of aromatic nitrogens is 2. The number of rotatable bonds is 4. The van der Waals surface area contributed by atoms with Gasteiger partial charge in [-0.05, 0) is 36.4 Å². The molecule has 24 heavy (non-hydrogen) atoms. The van der Waals surface area contributed by atoms with E-state index in [0.29, 0.717) is 21.6 Å². The molecule has 1 amide bonds. The van der Waals surface area contributed by atoms with Gasteiger partial charge in [-0.1, -0.05) is 23.7 Å². The van der Waals surface area contributed by atoms with E-state index in [1.54, 1.807) is 48.5 Å². The van der Waals surface area contributed by atoms with Crippen LogP contribution in [0.1, 0.15) is 10.4 Å². The van der Waals surface area contributed by atoms with Crippen LogP contribution in [0.5, 0.6) is 0 Å². The van der Waals surface area contributed by atoms with Gasteiger partial charge in [-0.3, -0.25) is 14.4 Å². The molecule has 1 aromatic heterocycles. The fourth-order valence-corrected chi connectivity index (χ4v) is 2.56. The van der Waals surface area contributed by atoms with Gasteiger partial charge in [-0.2, -0.15) is 0 Å². The highest BCUT2D eigenvalue weighted by Gasteiger charge is 2.08. The van der Waals surface area contributed by atoms with E-state index in [2.05, 4.69) is 10.3 Å². The predicted octanol–water partition coefficient (Wildman–Crippen LogP) is 1.77. The van der Waals surface area contributed by atoms with Gasteiger partial charge in [0.1, 0.15) is 0 Å². The molecule has 122 valence electrons. The quantitative estimate of drug-likeness (QED) is 0.708. The summed E-state index contributed by atoms with van der Waals surface area (Å²) in [5.74, 6) is -0.270. The number of carbonyl (C=O) groups is 1. The number of H-pyrrole nitrogens is 1. The smallest absolute Gasteiger partial charge is 0.316 e. The number of nitrogens with zero attached hydrogens (tertiary/aromatic N) is 1. The van der Waals surface area contributed by atoms with Crippen LogP contribution in [0.2, 0.25) is 5.02 Å². The number of fused-ring (bicyclic) bond motifs is 1. The van der Waals surface area contributed by atoms with Crippen LogP contribution in [0.25, 0.3) is 11.0 Å². The molecule has 2 N–H and O–H groups in total. The minimum atomic E-state index is -0.683. The van der Waals surface area contributed by atoms with Gasteiger partial charge in [-0.15, -0.1) is 0 Å². The van der Waals surface area contributed by atoms with Crippen molar-refractivity contribution in [3.8, 4) is 0 Å². The maximum atomic E-state index is 12.1. The van der Waals surface area contributed by atoms with Crippen LogP contribution in [-0.4, -0.2) is 22.0 Å². The molecule has 6 nitrogen and oxygen atoms in total. The summed E-state index contributed by atoms with van der Waals surface area (Å²) in [6.45, 7) is 0.414. The molecule has 0 saturated heterocycles. The Hall–Kier alpha value is -2.86. The molecule has 2 aromatic carbocycles. The molecule has 0 spiro atoms. The minimum Gasteiger partial charge on any atom is -0.350 e. The Bertz CT molecular complexity index is 1010. The van der Waals surface area contributed by atoms with Crippen LogP contribution in [0.3, 0.4) is 0 Å². The lowest BCUT2D eigenvalue weighted by molar-refractivity contribution is 0.0952. The highest BCUT2D eigenvalue weighted by atomic mass is 35.5. The lowest BCUT2D eigenvalue weighted by atomic mass is 10.2. The first-order valence-corrected chi connectivity index (χ1v) is 7.70. The normalized spacial score (nSPS) is 10.7. The van der Waals surface area contributed by atoms with Crippen LogP contribution in [0.4, 0.5) is 0 Å². The van der Waals surface area contributed by atoms with Gasteiger partial charge >= 0.3 is 11.1 Å². The SMILES string of the molecule is O=C(NCCn1c(=O)c(=O)[nH]c2ccccc21)c1ccc(Cl)cc1. The van der Waals surface area contributed by atoms with Crippen LogP contribution in [0.15, 0.2) is 58.1 Å². The average molecular weight is 344 g/mol. The molecule has 3 rings (SSSR count). The zero-order valence-electron chi connectivity index (χ0n) is 12.6. The summed E-state index contributed by atoms with van der Waals surface area (Å²) in [6, 6.07) is 13.5. The van der Waals surface area contributed by atoms with Crippen LogP contribution < -0.4 is 16.4 Å². The maximum absolute atomic E-state index is 12.1. The van der Waals surface area contributed by atoms with E-state index in [0.717, 1.165) is 0 Å². The topological polar surface area (TPSA) is 84.0 Å². The summed E-state index contributed by atoms with van der Waals surface area (Å²) >= 11 is 5.79. The lowest BCUT2D eigenvalue weighted by Crippen LogP contribution is -2.39. The van der Waals surface area contributed by atoms with Gasteiger partial charge in [0.15, 0.2) is 0 Å².